The average Bonchev–Trinajstić information content (AvgIpc) is 3.22. The zero-order valence-electron chi connectivity index (χ0n) is 20.1. The molecule has 9 heteroatoms. The number of hydrogen-bond donors (Lipinski definition) is 2. The molecule has 1 atom stereocenters. The maximum atomic E-state index is 13.4. The summed E-state index contributed by atoms with van der Waals surface area (Å²) in [5.74, 6) is -0.0590. The fourth-order valence-corrected chi connectivity index (χ4v) is 4.72. The van der Waals surface area contributed by atoms with E-state index in [2.05, 4.69) is 10.6 Å². The molecule has 2 aliphatic rings. The van der Waals surface area contributed by atoms with E-state index in [9.17, 15) is 14.4 Å². The summed E-state index contributed by atoms with van der Waals surface area (Å²) in [5.41, 5.74) is 3.20. The number of ether oxygens (including phenoxy) is 1. The van der Waals surface area contributed by atoms with Gasteiger partial charge in [0.05, 0.1) is 23.9 Å². The fraction of sp³-hybridized carbons (Fsp3) is 0.179. The minimum absolute atomic E-state index is 0.146. The number of likely N-dealkylation sites (N-methyl/N-ethyl adjacent to an activating group) is 1. The number of amides is 4. The molecule has 8 nitrogen and oxygen atoms in total. The number of carbonyl (C=O) groups excluding carboxylic acids is 3. The molecule has 5 rings (SSSR count). The second kappa shape index (κ2) is 10.4. The molecule has 0 fully saturated rings. The molecule has 0 saturated heterocycles. The van der Waals surface area contributed by atoms with Crippen molar-refractivity contribution in [2.45, 2.75) is 12.6 Å². The van der Waals surface area contributed by atoms with Crippen LogP contribution < -0.4 is 15.4 Å². The van der Waals surface area contributed by atoms with E-state index in [1.54, 1.807) is 49.5 Å². The quantitative estimate of drug-likeness (QED) is 0.488. The standard InChI is InChI=1S/C28H25ClN4O4/c1-32-23-15-33(27(35)25(23)26(31-28(32)36)21-12-5-6-13-22(21)29)16-24(34)30-19-10-7-11-20(14-19)37-17-18-8-3-2-4-9-18/h2-14,26H,15-17H2,1H3,(H,30,34)(H,31,36). The van der Waals surface area contributed by atoms with Crippen LogP contribution in [0.4, 0.5) is 10.5 Å². The molecule has 1 unspecified atom stereocenters. The lowest BCUT2D eigenvalue weighted by atomic mass is 9.96. The summed E-state index contributed by atoms with van der Waals surface area (Å²) >= 11 is 6.37. The van der Waals surface area contributed by atoms with E-state index in [0.717, 1.165) is 5.56 Å². The van der Waals surface area contributed by atoms with E-state index in [-0.39, 0.29) is 30.9 Å². The molecule has 37 heavy (non-hydrogen) atoms. The van der Waals surface area contributed by atoms with Gasteiger partial charge in [-0.05, 0) is 29.3 Å². The van der Waals surface area contributed by atoms with E-state index in [0.29, 0.717) is 39.9 Å². The van der Waals surface area contributed by atoms with Crippen LogP contribution >= 0.6 is 11.6 Å². The SMILES string of the molecule is CN1C(=O)NC(c2ccccc2Cl)C2=C1CN(CC(=O)Nc1cccc(OCc3ccccc3)c1)C2=O. The van der Waals surface area contributed by atoms with Crippen LogP contribution in [0.2, 0.25) is 5.02 Å². The topological polar surface area (TPSA) is 91.0 Å². The van der Waals surface area contributed by atoms with Crippen molar-refractivity contribution < 1.29 is 19.1 Å². The van der Waals surface area contributed by atoms with Gasteiger partial charge in [-0.2, -0.15) is 0 Å². The summed E-state index contributed by atoms with van der Waals surface area (Å²) in [6.07, 6.45) is 0. The van der Waals surface area contributed by atoms with Crippen molar-refractivity contribution in [1.29, 1.82) is 0 Å². The van der Waals surface area contributed by atoms with Crippen LogP contribution in [-0.4, -0.2) is 47.8 Å². The second-order valence-electron chi connectivity index (χ2n) is 8.83. The maximum absolute atomic E-state index is 13.4. The first kappa shape index (κ1) is 24.4. The summed E-state index contributed by atoms with van der Waals surface area (Å²) < 4.78 is 5.84. The number of rotatable bonds is 7. The van der Waals surface area contributed by atoms with Crippen molar-refractivity contribution in [3.05, 3.63) is 106 Å². The third kappa shape index (κ3) is 5.15. The van der Waals surface area contributed by atoms with Gasteiger partial charge in [0.1, 0.15) is 18.9 Å². The predicted molar refractivity (Wildman–Crippen MR) is 140 cm³/mol. The number of nitrogens with one attached hydrogen (secondary N) is 2. The Kier molecular flexibility index (Phi) is 6.83. The molecular weight excluding hydrogens is 492 g/mol. The molecule has 2 aliphatic heterocycles. The van der Waals surface area contributed by atoms with Gasteiger partial charge in [-0.25, -0.2) is 4.79 Å². The lowest BCUT2D eigenvalue weighted by Gasteiger charge is -2.31. The number of carbonyl (C=O) groups is 3. The Bertz CT molecular complexity index is 1390. The minimum Gasteiger partial charge on any atom is -0.489 e. The number of urea groups is 1. The Hall–Kier alpha value is -4.30. The van der Waals surface area contributed by atoms with Crippen LogP contribution in [0.5, 0.6) is 5.75 Å². The summed E-state index contributed by atoms with van der Waals surface area (Å²) in [4.78, 5) is 41.7. The van der Waals surface area contributed by atoms with Crippen molar-refractivity contribution in [3.8, 4) is 5.75 Å². The molecule has 0 aromatic heterocycles. The van der Waals surface area contributed by atoms with Crippen LogP contribution in [0.3, 0.4) is 0 Å². The van der Waals surface area contributed by atoms with Gasteiger partial charge in [-0.3, -0.25) is 14.5 Å². The Labute approximate surface area is 219 Å². The highest BCUT2D eigenvalue weighted by Crippen LogP contribution is 2.37. The van der Waals surface area contributed by atoms with Crippen LogP contribution in [0, 0.1) is 0 Å². The predicted octanol–water partition coefficient (Wildman–Crippen LogP) is 4.35. The number of benzene rings is 3. The van der Waals surface area contributed by atoms with Gasteiger partial charge in [0.2, 0.25) is 5.91 Å². The van der Waals surface area contributed by atoms with E-state index in [1.165, 1.54) is 9.80 Å². The fourth-order valence-electron chi connectivity index (χ4n) is 4.47. The highest BCUT2D eigenvalue weighted by atomic mass is 35.5. The summed E-state index contributed by atoms with van der Waals surface area (Å²) in [6, 6.07) is 22.9. The van der Waals surface area contributed by atoms with Crippen LogP contribution in [0.25, 0.3) is 0 Å². The zero-order chi connectivity index (χ0) is 25.9. The van der Waals surface area contributed by atoms with Crippen LogP contribution in [0.15, 0.2) is 90.1 Å². The van der Waals surface area contributed by atoms with Gasteiger partial charge in [0.25, 0.3) is 5.91 Å². The molecule has 0 bridgehead atoms. The Balaban J connectivity index is 1.26. The van der Waals surface area contributed by atoms with Crippen molar-refractivity contribution in [2.75, 3.05) is 25.5 Å². The Morgan fingerprint density at radius 1 is 1.05 bits per heavy atom. The zero-order valence-corrected chi connectivity index (χ0v) is 20.9. The van der Waals surface area contributed by atoms with Crippen LogP contribution in [-0.2, 0) is 16.2 Å². The molecule has 3 aromatic carbocycles. The lowest BCUT2D eigenvalue weighted by molar-refractivity contribution is -0.130. The van der Waals surface area contributed by atoms with Gasteiger partial charge in [-0.15, -0.1) is 0 Å². The summed E-state index contributed by atoms with van der Waals surface area (Å²) in [6.45, 7) is 0.384. The highest BCUT2D eigenvalue weighted by molar-refractivity contribution is 6.31. The maximum Gasteiger partial charge on any atom is 0.322 e. The van der Waals surface area contributed by atoms with E-state index in [1.807, 2.05) is 36.4 Å². The normalized spacial score (nSPS) is 17.0. The monoisotopic (exact) mass is 516 g/mol. The first-order valence-corrected chi connectivity index (χ1v) is 12.2. The molecule has 0 saturated carbocycles. The van der Waals surface area contributed by atoms with Crippen molar-refractivity contribution >= 4 is 35.1 Å². The van der Waals surface area contributed by atoms with Crippen molar-refractivity contribution in [2.24, 2.45) is 0 Å². The summed E-state index contributed by atoms with van der Waals surface area (Å²) in [7, 11) is 1.60. The van der Waals surface area contributed by atoms with E-state index in [4.69, 9.17) is 16.3 Å². The molecule has 2 heterocycles. The number of halogens is 1. The third-order valence-electron chi connectivity index (χ3n) is 6.35. The van der Waals surface area contributed by atoms with Crippen molar-refractivity contribution in [3.63, 3.8) is 0 Å². The molecule has 188 valence electrons. The van der Waals surface area contributed by atoms with E-state index >= 15 is 0 Å². The molecule has 0 radical (unpaired) electrons. The lowest BCUT2D eigenvalue weighted by Crippen LogP contribution is -2.45. The van der Waals surface area contributed by atoms with Gasteiger partial charge in [0, 0.05) is 23.8 Å². The second-order valence-corrected chi connectivity index (χ2v) is 9.24. The van der Waals surface area contributed by atoms with Crippen LogP contribution in [0.1, 0.15) is 17.2 Å². The van der Waals surface area contributed by atoms with E-state index < -0.39 is 6.04 Å². The van der Waals surface area contributed by atoms with Gasteiger partial charge in [-0.1, -0.05) is 66.2 Å². The molecule has 2 N–H and O–H groups in total. The van der Waals surface area contributed by atoms with Gasteiger partial charge in [0.15, 0.2) is 0 Å². The molecule has 4 amide bonds. The smallest absolute Gasteiger partial charge is 0.322 e. The van der Waals surface area contributed by atoms with Crippen molar-refractivity contribution in [1.82, 2.24) is 15.1 Å². The Morgan fingerprint density at radius 2 is 1.81 bits per heavy atom. The minimum atomic E-state index is -0.689. The Morgan fingerprint density at radius 3 is 2.59 bits per heavy atom. The average molecular weight is 517 g/mol. The van der Waals surface area contributed by atoms with Gasteiger partial charge >= 0.3 is 6.03 Å². The molecule has 0 aliphatic carbocycles. The molecule has 0 spiro atoms. The highest BCUT2D eigenvalue weighted by Gasteiger charge is 2.43. The molecular formula is C28H25ClN4O4. The first-order chi connectivity index (χ1) is 17.9. The molecule has 3 aromatic rings. The number of hydrogen-bond acceptors (Lipinski definition) is 4. The number of anilines is 1. The number of nitrogens with zero attached hydrogens (tertiary/aromatic N) is 2. The van der Waals surface area contributed by atoms with Gasteiger partial charge < -0.3 is 20.3 Å². The summed E-state index contributed by atoms with van der Waals surface area (Å²) in [5, 5.41) is 6.13. The third-order valence-corrected chi connectivity index (χ3v) is 6.70. The largest absolute Gasteiger partial charge is 0.489 e. The first-order valence-electron chi connectivity index (χ1n) is 11.8.